The Hall–Kier alpha value is -1.22. The van der Waals surface area contributed by atoms with Gasteiger partial charge in [0.15, 0.2) is 11.5 Å². The van der Waals surface area contributed by atoms with E-state index in [0.29, 0.717) is 5.92 Å². The van der Waals surface area contributed by atoms with Crippen molar-refractivity contribution >= 4 is 0 Å². The van der Waals surface area contributed by atoms with Gasteiger partial charge in [0.1, 0.15) is 0 Å². The highest BCUT2D eigenvalue weighted by Crippen LogP contribution is 2.26. The molecule has 0 saturated carbocycles. The maximum atomic E-state index is 5.83. The molecular formula is C16H27NO2. The summed E-state index contributed by atoms with van der Waals surface area (Å²) < 4.78 is 11.1. The van der Waals surface area contributed by atoms with Crippen molar-refractivity contribution < 1.29 is 9.47 Å². The van der Waals surface area contributed by atoms with Gasteiger partial charge in [-0.05, 0) is 50.4 Å². The smallest absolute Gasteiger partial charge is 0.161 e. The van der Waals surface area contributed by atoms with Crippen LogP contribution in [0.15, 0.2) is 24.3 Å². The predicted molar refractivity (Wildman–Crippen MR) is 80.0 cm³/mol. The van der Waals surface area contributed by atoms with E-state index in [0.717, 1.165) is 37.0 Å². The molecule has 0 saturated heterocycles. The maximum Gasteiger partial charge on any atom is 0.161 e. The zero-order valence-electron chi connectivity index (χ0n) is 12.6. The van der Waals surface area contributed by atoms with Crippen LogP contribution in [0, 0.1) is 11.8 Å². The monoisotopic (exact) mass is 265 g/mol. The van der Waals surface area contributed by atoms with Crippen LogP contribution in [-0.4, -0.2) is 27.3 Å². The molecule has 1 unspecified atom stereocenters. The SMILES string of the molecule is CNCC(CCOc1ccccc1OC)CC(C)C. The summed E-state index contributed by atoms with van der Waals surface area (Å²) in [6, 6.07) is 7.80. The highest BCUT2D eigenvalue weighted by atomic mass is 16.5. The van der Waals surface area contributed by atoms with Crippen LogP contribution in [-0.2, 0) is 0 Å². The zero-order chi connectivity index (χ0) is 14.1. The topological polar surface area (TPSA) is 30.5 Å². The molecule has 1 atom stereocenters. The van der Waals surface area contributed by atoms with Gasteiger partial charge in [-0.1, -0.05) is 26.0 Å². The van der Waals surface area contributed by atoms with Gasteiger partial charge < -0.3 is 14.8 Å². The van der Waals surface area contributed by atoms with Crippen molar-refractivity contribution in [3.05, 3.63) is 24.3 Å². The van der Waals surface area contributed by atoms with Crippen LogP contribution in [0.1, 0.15) is 26.7 Å². The molecule has 1 N–H and O–H groups in total. The molecule has 0 aromatic heterocycles. The van der Waals surface area contributed by atoms with E-state index in [1.54, 1.807) is 7.11 Å². The molecular weight excluding hydrogens is 238 g/mol. The fourth-order valence-corrected chi connectivity index (χ4v) is 2.33. The number of benzene rings is 1. The lowest BCUT2D eigenvalue weighted by molar-refractivity contribution is 0.249. The van der Waals surface area contributed by atoms with E-state index in [1.807, 2.05) is 31.3 Å². The highest BCUT2D eigenvalue weighted by molar-refractivity contribution is 5.39. The van der Waals surface area contributed by atoms with Gasteiger partial charge in [-0.15, -0.1) is 0 Å². The largest absolute Gasteiger partial charge is 0.493 e. The first kappa shape index (κ1) is 15.8. The van der Waals surface area contributed by atoms with Gasteiger partial charge in [0.2, 0.25) is 0 Å². The van der Waals surface area contributed by atoms with Gasteiger partial charge in [-0.25, -0.2) is 0 Å². The molecule has 0 heterocycles. The summed E-state index contributed by atoms with van der Waals surface area (Å²) >= 11 is 0. The second-order valence-corrected chi connectivity index (χ2v) is 5.34. The van der Waals surface area contributed by atoms with Gasteiger partial charge in [-0.2, -0.15) is 0 Å². The summed E-state index contributed by atoms with van der Waals surface area (Å²) in [4.78, 5) is 0. The number of methoxy groups -OCH3 is 1. The highest BCUT2D eigenvalue weighted by Gasteiger charge is 2.11. The Labute approximate surface area is 117 Å². The average molecular weight is 265 g/mol. The van der Waals surface area contributed by atoms with E-state index in [1.165, 1.54) is 6.42 Å². The lowest BCUT2D eigenvalue weighted by Gasteiger charge is -2.19. The Bertz CT molecular complexity index is 352. The molecule has 1 rings (SSSR count). The average Bonchev–Trinajstić information content (AvgIpc) is 2.39. The molecule has 19 heavy (non-hydrogen) atoms. The third-order valence-corrected chi connectivity index (χ3v) is 3.15. The molecule has 0 aliphatic rings. The minimum Gasteiger partial charge on any atom is -0.493 e. The Morgan fingerprint density at radius 3 is 2.42 bits per heavy atom. The summed E-state index contributed by atoms with van der Waals surface area (Å²) in [7, 11) is 3.68. The van der Waals surface area contributed by atoms with Gasteiger partial charge in [0, 0.05) is 0 Å². The minimum atomic E-state index is 0.666. The van der Waals surface area contributed by atoms with Crippen molar-refractivity contribution in [1.29, 1.82) is 0 Å². The van der Waals surface area contributed by atoms with E-state index < -0.39 is 0 Å². The van der Waals surface area contributed by atoms with Crippen molar-refractivity contribution in [3.63, 3.8) is 0 Å². The summed E-state index contributed by atoms with van der Waals surface area (Å²) in [5.41, 5.74) is 0. The van der Waals surface area contributed by atoms with Crippen molar-refractivity contribution in [2.75, 3.05) is 27.3 Å². The first-order valence-corrected chi connectivity index (χ1v) is 7.07. The molecule has 0 aliphatic heterocycles. The van der Waals surface area contributed by atoms with Crippen LogP contribution in [0.3, 0.4) is 0 Å². The Kier molecular flexibility index (Phi) is 7.34. The van der Waals surface area contributed by atoms with Crippen molar-refractivity contribution in [3.8, 4) is 11.5 Å². The third kappa shape index (κ3) is 5.97. The number of hydrogen-bond acceptors (Lipinski definition) is 3. The standard InChI is InChI=1S/C16H27NO2/c1-13(2)11-14(12-17-3)9-10-19-16-8-6-5-7-15(16)18-4/h5-8,13-14,17H,9-12H2,1-4H3. The normalized spacial score (nSPS) is 12.5. The molecule has 0 radical (unpaired) electrons. The van der Waals surface area contributed by atoms with Crippen molar-refractivity contribution in [2.24, 2.45) is 11.8 Å². The van der Waals surface area contributed by atoms with Crippen molar-refractivity contribution in [2.45, 2.75) is 26.7 Å². The number of nitrogens with one attached hydrogen (secondary N) is 1. The second-order valence-electron chi connectivity index (χ2n) is 5.34. The van der Waals surface area contributed by atoms with E-state index in [9.17, 15) is 0 Å². The fraction of sp³-hybridized carbons (Fsp3) is 0.625. The van der Waals surface area contributed by atoms with Crippen molar-refractivity contribution in [1.82, 2.24) is 5.32 Å². The number of ether oxygens (including phenoxy) is 2. The first-order chi connectivity index (χ1) is 9.17. The zero-order valence-corrected chi connectivity index (χ0v) is 12.6. The summed E-state index contributed by atoms with van der Waals surface area (Å²) in [5.74, 6) is 3.03. The van der Waals surface area contributed by atoms with E-state index in [4.69, 9.17) is 9.47 Å². The Morgan fingerprint density at radius 1 is 1.16 bits per heavy atom. The fourth-order valence-electron chi connectivity index (χ4n) is 2.33. The molecule has 0 bridgehead atoms. The van der Waals surface area contributed by atoms with Crippen LogP contribution < -0.4 is 14.8 Å². The quantitative estimate of drug-likeness (QED) is 0.743. The van der Waals surface area contributed by atoms with Crippen LogP contribution in [0.25, 0.3) is 0 Å². The summed E-state index contributed by atoms with van der Waals surface area (Å²) in [6.45, 7) is 6.32. The lowest BCUT2D eigenvalue weighted by Crippen LogP contribution is -2.22. The van der Waals surface area contributed by atoms with Crippen LogP contribution in [0.2, 0.25) is 0 Å². The molecule has 0 spiro atoms. The molecule has 3 heteroatoms. The maximum absolute atomic E-state index is 5.83. The Morgan fingerprint density at radius 2 is 1.84 bits per heavy atom. The van der Waals surface area contributed by atoms with E-state index in [-0.39, 0.29) is 0 Å². The number of para-hydroxylation sites is 2. The van der Waals surface area contributed by atoms with Crippen LogP contribution in [0.5, 0.6) is 11.5 Å². The molecule has 0 amide bonds. The number of hydrogen-bond donors (Lipinski definition) is 1. The molecule has 1 aromatic carbocycles. The van der Waals surface area contributed by atoms with Crippen LogP contribution in [0.4, 0.5) is 0 Å². The van der Waals surface area contributed by atoms with Gasteiger partial charge in [0.05, 0.1) is 13.7 Å². The van der Waals surface area contributed by atoms with E-state index in [2.05, 4.69) is 19.2 Å². The second kappa shape index (κ2) is 8.81. The number of rotatable bonds is 9. The first-order valence-electron chi connectivity index (χ1n) is 7.07. The molecule has 108 valence electrons. The summed E-state index contributed by atoms with van der Waals surface area (Å²) in [6.07, 6.45) is 2.30. The molecule has 1 aromatic rings. The minimum absolute atomic E-state index is 0.666. The predicted octanol–water partition coefficient (Wildman–Crippen LogP) is 3.35. The van der Waals surface area contributed by atoms with E-state index >= 15 is 0 Å². The summed E-state index contributed by atoms with van der Waals surface area (Å²) in [5, 5.41) is 3.26. The molecule has 0 fully saturated rings. The molecule has 3 nitrogen and oxygen atoms in total. The third-order valence-electron chi connectivity index (χ3n) is 3.15. The van der Waals surface area contributed by atoms with Gasteiger partial charge in [0.25, 0.3) is 0 Å². The van der Waals surface area contributed by atoms with Gasteiger partial charge in [-0.3, -0.25) is 0 Å². The van der Waals surface area contributed by atoms with Gasteiger partial charge >= 0.3 is 0 Å². The van der Waals surface area contributed by atoms with Crippen LogP contribution >= 0.6 is 0 Å². The molecule has 0 aliphatic carbocycles. The Balaban J connectivity index is 2.42. The lowest BCUT2D eigenvalue weighted by atomic mass is 9.94.